The topological polar surface area (TPSA) is 59.0 Å². The maximum Gasteiger partial charge on any atom is 0.293 e. The predicted octanol–water partition coefficient (Wildman–Crippen LogP) is 1.31. The smallest absolute Gasteiger partial charge is 0.293 e. The van der Waals surface area contributed by atoms with Crippen LogP contribution in [0, 0.1) is 5.92 Å². The van der Waals surface area contributed by atoms with Gasteiger partial charge in [0, 0.05) is 38.1 Å². The zero-order chi connectivity index (χ0) is 13.5. The molecule has 102 valence electrons. The van der Waals surface area contributed by atoms with Crippen molar-refractivity contribution in [2.75, 3.05) is 18.4 Å². The predicted molar refractivity (Wildman–Crippen MR) is 75.0 cm³/mol. The fourth-order valence-electron chi connectivity index (χ4n) is 1.65. The highest BCUT2D eigenvalue weighted by atomic mass is 16.1. The average Bonchev–Trinajstić information content (AvgIpc) is 2.28. The van der Waals surface area contributed by atoms with Gasteiger partial charge in [-0.25, -0.2) is 4.98 Å². The van der Waals surface area contributed by atoms with E-state index in [0.717, 1.165) is 13.1 Å². The van der Waals surface area contributed by atoms with Crippen molar-refractivity contribution in [2.45, 2.75) is 40.3 Å². The monoisotopic (exact) mass is 252 g/mol. The molecule has 1 aromatic heterocycles. The zero-order valence-corrected chi connectivity index (χ0v) is 11.7. The van der Waals surface area contributed by atoms with Crippen LogP contribution in [0.5, 0.6) is 0 Å². The lowest BCUT2D eigenvalue weighted by Crippen LogP contribution is -2.31. The van der Waals surface area contributed by atoms with Crippen LogP contribution in [0.3, 0.4) is 0 Å². The average molecular weight is 252 g/mol. The van der Waals surface area contributed by atoms with Crippen LogP contribution in [0.25, 0.3) is 0 Å². The van der Waals surface area contributed by atoms with Crippen molar-refractivity contribution < 1.29 is 0 Å². The van der Waals surface area contributed by atoms with Crippen LogP contribution in [0.15, 0.2) is 17.2 Å². The molecule has 0 aliphatic carbocycles. The minimum atomic E-state index is -0.0456. The first kappa shape index (κ1) is 14.7. The minimum absolute atomic E-state index is 0.0456. The van der Waals surface area contributed by atoms with Gasteiger partial charge in [-0.3, -0.25) is 4.79 Å². The van der Waals surface area contributed by atoms with E-state index < -0.39 is 0 Å². The molecule has 0 amide bonds. The highest BCUT2D eigenvalue weighted by Crippen LogP contribution is 1.98. The maximum absolute atomic E-state index is 12.1. The first-order valence-corrected chi connectivity index (χ1v) is 6.53. The molecule has 1 heterocycles. The zero-order valence-electron chi connectivity index (χ0n) is 11.7. The number of nitrogens with zero attached hydrogens (tertiary/aromatic N) is 2. The molecule has 1 aromatic rings. The molecule has 0 aliphatic rings. The van der Waals surface area contributed by atoms with Crippen LogP contribution in [0.1, 0.15) is 27.7 Å². The summed E-state index contributed by atoms with van der Waals surface area (Å²) in [6.45, 7) is 10.6. The Balaban J connectivity index is 2.58. The second-order valence-corrected chi connectivity index (χ2v) is 5.16. The van der Waals surface area contributed by atoms with E-state index in [4.69, 9.17) is 0 Å². The molecule has 0 aromatic carbocycles. The van der Waals surface area contributed by atoms with Crippen molar-refractivity contribution >= 4 is 5.82 Å². The summed E-state index contributed by atoms with van der Waals surface area (Å²) >= 11 is 0. The number of aromatic nitrogens is 2. The number of anilines is 1. The first-order chi connectivity index (χ1) is 8.50. The highest BCUT2D eigenvalue weighted by Gasteiger charge is 2.05. The summed E-state index contributed by atoms with van der Waals surface area (Å²) in [5.74, 6) is 0.879. The van der Waals surface area contributed by atoms with E-state index in [1.165, 1.54) is 0 Å². The Hall–Kier alpha value is -1.36. The SMILES string of the molecule is CC(C)Cn1ccnc(NCCNC(C)C)c1=O. The fraction of sp³-hybridized carbons (Fsp3) is 0.692. The Morgan fingerprint density at radius 3 is 2.61 bits per heavy atom. The summed E-state index contributed by atoms with van der Waals surface area (Å²) in [6.07, 6.45) is 3.40. The summed E-state index contributed by atoms with van der Waals surface area (Å²) in [4.78, 5) is 16.1. The van der Waals surface area contributed by atoms with E-state index >= 15 is 0 Å². The van der Waals surface area contributed by atoms with E-state index in [1.807, 2.05) is 0 Å². The van der Waals surface area contributed by atoms with Gasteiger partial charge in [0.2, 0.25) is 0 Å². The largest absolute Gasteiger partial charge is 0.364 e. The van der Waals surface area contributed by atoms with Gasteiger partial charge in [0.05, 0.1) is 0 Å². The number of hydrogen-bond acceptors (Lipinski definition) is 4. The molecule has 18 heavy (non-hydrogen) atoms. The molecule has 1 rings (SSSR count). The van der Waals surface area contributed by atoms with Gasteiger partial charge in [0.1, 0.15) is 0 Å². The van der Waals surface area contributed by atoms with Gasteiger partial charge < -0.3 is 15.2 Å². The second kappa shape index (κ2) is 7.16. The molecule has 0 unspecified atom stereocenters. The summed E-state index contributed by atoms with van der Waals surface area (Å²) in [5.41, 5.74) is -0.0456. The van der Waals surface area contributed by atoms with Gasteiger partial charge in [0.25, 0.3) is 5.56 Å². The second-order valence-electron chi connectivity index (χ2n) is 5.16. The van der Waals surface area contributed by atoms with Gasteiger partial charge >= 0.3 is 0 Å². The van der Waals surface area contributed by atoms with E-state index in [1.54, 1.807) is 17.0 Å². The van der Waals surface area contributed by atoms with Crippen LogP contribution in [0.4, 0.5) is 5.82 Å². The van der Waals surface area contributed by atoms with Gasteiger partial charge in [-0.15, -0.1) is 0 Å². The third-order valence-corrected chi connectivity index (χ3v) is 2.45. The highest BCUT2D eigenvalue weighted by molar-refractivity contribution is 5.30. The minimum Gasteiger partial charge on any atom is -0.364 e. The molecular formula is C13H24N4O. The lowest BCUT2D eigenvalue weighted by Gasteiger charge is -2.12. The molecule has 0 atom stereocenters. The van der Waals surface area contributed by atoms with Crippen LogP contribution in [0.2, 0.25) is 0 Å². The first-order valence-electron chi connectivity index (χ1n) is 6.53. The molecule has 0 radical (unpaired) electrons. The maximum atomic E-state index is 12.1. The van der Waals surface area contributed by atoms with Crippen molar-refractivity contribution in [3.8, 4) is 0 Å². The molecule has 2 N–H and O–H groups in total. The Kier molecular flexibility index (Phi) is 5.85. The number of hydrogen-bond donors (Lipinski definition) is 2. The molecular weight excluding hydrogens is 228 g/mol. The third-order valence-electron chi connectivity index (χ3n) is 2.45. The Morgan fingerprint density at radius 1 is 1.28 bits per heavy atom. The normalized spacial score (nSPS) is 11.2. The van der Waals surface area contributed by atoms with E-state index in [9.17, 15) is 4.79 Å². The van der Waals surface area contributed by atoms with Crippen LogP contribution < -0.4 is 16.2 Å². The van der Waals surface area contributed by atoms with Crippen LogP contribution in [-0.2, 0) is 6.54 Å². The van der Waals surface area contributed by atoms with E-state index in [0.29, 0.717) is 24.3 Å². The fourth-order valence-corrected chi connectivity index (χ4v) is 1.65. The summed E-state index contributed by atoms with van der Waals surface area (Å²) in [5, 5.41) is 6.36. The van der Waals surface area contributed by atoms with E-state index in [-0.39, 0.29) is 5.56 Å². The number of nitrogens with one attached hydrogen (secondary N) is 2. The van der Waals surface area contributed by atoms with Crippen molar-refractivity contribution in [1.29, 1.82) is 0 Å². The Morgan fingerprint density at radius 2 is 2.00 bits per heavy atom. The van der Waals surface area contributed by atoms with Crippen molar-refractivity contribution in [2.24, 2.45) is 5.92 Å². The molecule has 0 saturated carbocycles. The Bertz CT molecular complexity index is 412. The molecule has 0 aliphatic heterocycles. The third kappa shape index (κ3) is 4.87. The standard InChI is InChI=1S/C13H24N4O/c1-10(2)9-17-8-7-16-12(13(17)18)15-6-5-14-11(3)4/h7-8,10-11,14H,5-6,9H2,1-4H3,(H,15,16). The molecule has 0 bridgehead atoms. The van der Waals surface area contributed by atoms with Gasteiger partial charge in [-0.05, 0) is 5.92 Å². The quantitative estimate of drug-likeness (QED) is 0.718. The van der Waals surface area contributed by atoms with Gasteiger partial charge in [0.15, 0.2) is 5.82 Å². The number of rotatable bonds is 7. The lowest BCUT2D eigenvalue weighted by atomic mass is 10.2. The molecule has 0 saturated heterocycles. The van der Waals surface area contributed by atoms with Crippen molar-refractivity contribution in [1.82, 2.24) is 14.9 Å². The van der Waals surface area contributed by atoms with E-state index in [2.05, 4.69) is 43.3 Å². The van der Waals surface area contributed by atoms with Gasteiger partial charge in [-0.1, -0.05) is 27.7 Å². The van der Waals surface area contributed by atoms with Gasteiger partial charge in [-0.2, -0.15) is 0 Å². The molecule has 0 fully saturated rings. The summed E-state index contributed by atoms with van der Waals surface area (Å²) in [6, 6.07) is 0.452. The lowest BCUT2D eigenvalue weighted by molar-refractivity contribution is 0.509. The summed E-state index contributed by atoms with van der Waals surface area (Å²) < 4.78 is 1.70. The van der Waals surface area contributed by atoms with Crippen molar-refractivity contribution in [3.63, 3.8) is 0 Å². The summed E-state index contributed by atoms with van der Waals surface area (Å²) in [7, 11) is 0. The molecule has 0 spiro atoms. The van der Waals surface area contributed by atoms with Crippen LogP contribution in [-0.4, -0.2) is 28.7 Å². The molecule has 5 heteroatoms. The van der Waals surface area contributed by atoms with Crippen molar-refractivity contribution in [3.05, 3.63) is 22.7 Å². The molecule has 5 nitrogen and oxygen atoms in total. The van der Waals surface area contributed by atoms with Crippen LogP contribution >= 0.6 is 0 Å². The Labute approximate surface area is 109 Å².